The van der Waals surface area contributed by atoms with Gasteiger partial charge in [-0.25, -0.2) is 4.79 Å². The summed E-state index contributed by atoms with van der Waals surface area (Å²) in [7, 11) is 0. The van der Waals surface area contributed by atoms with Gasteiger partial charge < -0.3 is 34.3 Å². The van der Waals surface area contributed by atoms with Gasteiger partial charge in [0.2, 0.25) is 12.2 Å². The Hall–Kier alpha value is -2.66. The first-order chi connectivity index (χ1) is 16.5. The molecule has 0 aliphatic carbocycles. The Morgan fingerprint density at radius 2 is 1.74 bits per heavy atom. The molecule has 2 aromatic rings. The quantitative estimate of drug-likeness (QED) is 0.449. The van der Waals surface area contributed by atoms with Gasteiger partial charge in [-0.05, 0) is 59.2 Å². The van der Waals surface area contributed by atoms with Gasteiger partial charge in [-0.3, -0.25) is 4.68 Å². The normalized spacial score (nSPS) is 24.6. The van der Waals surface area contributed by atoms with Crippen molar-refractivity contribution < 1.29 is 39.1 Å². The lowest BCUT2D eigenvalue weighted by molar-refractivity contribution is -0.273. The van der Waals surface area contributed by atoms with Crippen LogP contribution in [-0.4, -0.2) is 74.5 Å². The summed E-state index contributed by atoms with van der Waals surface area (Å²) in [5.41, 5.74) is 2.62. The van der Waals surface area contributed by atoms with Crippen LogP contribution in [-0.2, 0) is 20.7 Å². The number of aliphatic hydroxyl groups excluding tert-OH is 3. The minimum absolute atomic E-state index is 0.0322. The number of rotatable bonds is 9. The van der Waals surface area contributed by atoms with Crippen molar-refractivity contribution in [3.63, 3.8) is 0 Å². The first kappa shape index (κ1) is 26.9. The molecule has 1 fully saturated rings. The average Bonchev–Trinajstić information content (AvgIpc) is 3.10. The summed E-state index contributed by atoms with van der Waals surface area (Å²) in [4.78, 5) is 12.2. The number of aliphatic hydroxyl groups is 3. The summed E-state index contributed by atoms with van der Waals surface area (Å²) in [6.45, 7) is 11.5. The molecule has 1 saturated heterocycles. The van der Waals surface area contributed by atoms with Gasteiger partial charge in [0, 0.05) is 23.7 Å². The molecular weight excluding hydrogens is 456 g/mol. The lowest BCUT2D eigenvalue weighted by Crippen LogP contribution is -2.61. The van der Waals surface area contributed by atoms with E-state index in [1.165, 1.54) is 0 Å². The summed E-state index contributed by atoms with van der Waals surface area (Å²) in [5.74, 6) is 0.118. The van der Waals surface area contributed by atoms with E-state index in [2.05, 4.69) is 5.10 Å². The molecular formula is C25H36N2O8. The highest BCUT2D eigenvalue weighted by Gasteiger charge is 2.49. The monoisotopic (exact) mass is 492 g/mol. The Labute approximate surface area is 205 Å². The van der Waals surface area contributed by atoms with Crippen LogP contribution >= 0.6 is 0 Å². The average molecular weight is 493 g/mol. The third kappa shape index (κ3) is 6.13. The molecule has 3 N–H and O–H groups in total. The molecule has 1 aliphatic rings. The van der Waals surface area contributed by atoms with E-state index in [4.69, 9.17) is 18.9 Å². The third-order valence-electron chi connectivity index (χ3n) is 5.72. The van der Waals surface area contributed by atoms with E-state index >= 15 is 0 Å². The second-order valence-corrected chi connectivity index (χ2v) is 9.16. The minimum Gasteiger partial charge on any atom is -0.491 e. The Kier molecular flexibility index (Phi) is 8.76. The van der Waals surface area contributed by atoms with Crippen molar-refractivity contribution in [3.8, 4) is 11.6 Å². The number of ether oxygens (including phenoxy) is 4. The van der Waals surface area contributed by atoms with Gasteiger partial charge in [-0.15, -0.1) is 5.10 Å². The SMILES string of the molecule is CCOC(=O)[C@H]1O[C@@H](Oc2nn(C(C)C)c(C)c2Cc2ccc(OC(C)C)cc2)[C@H](O)[C@@H](O)[C@@H]1O. The largest absolute Gasteiger partial charge is 0.491 e. The van der Waals surface area contributed by atoms with Gasteiger partial charge in [-0.2, -0.15) is 0 Å². The number of hydrogen-bond donors (Lipinski definition) is 3. The van der Waals surface area contributed by atoms with Crippen molar-refractivity contribution in [2.45, 2.75) is 90.8 Å². The fourth-order valence-electron chi connectivity index (χ4n) is 3.96. The molecule has 35 heavy (non-hydrogen) atoms. The van der Waals surface area contributed by atoms with Crippen molar-refractivity contribution in [2.75, 3.05) is 6.61 Å². The molecule has 1 aromatic carbocycles. The third-order valence-corrected chi connectivity index (χ3v) is 5.72. The predicted octanol–water partition coefficient (Wildman–Crippen LogP) is 1.90. The maximum atomic E-state index is 12.2. The number of hydrogen-bond acceptors (Lipinski definition) is 9. The highest BCUT2D eigenvalue weighted by atomic mass is 16.7. The number of nitrogens with zero attached hydrogens (tertiary/aromatic N) is 2. The highest BCUT2D eigenvalue weighted by Crippen LogP contribution is 2.31. The van der Waals surface area contributed by atoms with Crippen LogP contribution in [0.2, 0.25) is 0 Å². The lowest BCUT2D eigenvalue weighted by Gasteiger charge is -2.38. The van der Waals surface area contributed by atoms with E-state index < -0.39 is 36.7 Å². The molecule has 0 radical (unpaired) electrons. The predicted molar refractivity (Wildman–Crippen MR) is 126 cm³/mol. The van der Waals surface area contributed by atoms with Crippen LogP contribution in [0, 0.1) is 6.92 Å². The molecule has 10 heteroatoms. The summed E-state index contributed by atoms with van der Waals surface area (Å²) < 4.78 is 23.9. The number of benzene rings is 1. The summed E-state index contributed by atoms with van der Waals surface area (Å²) in [6.07, 6.45) is -7.35. The van der Waals surface area contributed by atoms with Crippen molar-refractivity contribution in [3.05, 3.63) is 41.1 Å². The standard InChI is InChI=1S/C25H36N2O8/c1-7-32-24(31)22-20(29)19(28)21(30)25(34-22)35-23-18(15(6)27(26-23)13(2)3)12-16-8-10-17(11-9-16)33-14(4)5/h8-11,13-14,19-22,25,28-30H,7,12H2,1-6H3/t19-,20-,21+,22-,25-/m0/s1. The number of carbonyl (C=O) groups is 1. The number of carbonyl (C=O) groups excluding carboxylic acids is 1. The maximum absolute atomic E-state index is 12.2. The van der Waals surface area contributed by atoms with Crippen LogP contribution in [0.25, 0.3) is 0 Å². The smallest absolute Gasteiger partial charge is 0.338 e. The summed E-state index contributed by atoms with van der Waals surface area (Å²) in [5, 5.41) is 35.6. The van der Waals surface area contributed by atoms with Crippen molar-refractivity contribution in [1.82, 2.24) is 9.78 Å². The Morgan fingerprint density at radius 3 is 2.31 bits per heavy atom. The van der Waals surface area contributed by atoms with E-state index in [0.717, 1.165) is 22.6 Å². The van der Waals surface area contributed by atoms with E-state index in [9.17, 15) is 20.1 Å². The molecule has 1 aliphatic heterocycles. The highest BCUT2D eigenvalue weighted by molar-refractivity contribution is 5.75. The molecule has 0 amide bonds. The van der Waals surface area contributed by atoms with Crippen LogP contribution in [0.4, 0.5) is 0 Å². The van der Waals surface area contributed by atoms with Crippen LogP contribution in [0.5, 0.6) is 11.6 Å². The number of aromatic nitrogens is 2. The van der Waals surface area contributed by atoms with Gasteiger partial charge in [0.1, 0.15) is 24.1 Å². The van der Waals surface area contributed by atoms with E-state index in [1.54, 1.807) is 11.6 Å². The van der Waals surface area contributed by atoms with Crippen molar-refractivity contribution in [2.24, 2.45) is 0 Å². The van der Waals surface area contributed by atoms with E-state index in [-0.39, 0.29) is 24.6 Å². The molecule has 0 saturated carbocycles. The zero-order valence-corrected chi connectivity index (χ0v) is 21.0. The molecule has 0 unspecified atom stereocenters. The minimum atomic E-state index is -1.67. The second-order valence-electron chi connectivity index (χ2n) is 9.16. The summed E-state index contributed by atoms with van der Waals surface area (Å²) >= 11 is 0. The van der Waals surface area contributed by atoms with Crippen molar-refractivity contribution in [1.29, 1.82) is 0 Å². The molecule has 194 valence electrons. The van der Waals surface area contributed by atoms with Gasteiger partial charge in [0.05, 0.1) is 12.7 Å². The molecule has 1 aromatic heterocycles. The van der Waals surface area contributed by atoms with Gasteiger partial charge in [0.15, 0.2) is 6.10 Å². The molecule has 2 heterocycles. The van der Waals surface area contributed by atoms with Crippen LogP contribution in [0.3, 0.4) is 0 Å². The Bertz CT molecular complexity index is 988. The van der Waals surface area contributed by atoms with E-state index in [1.807, 2.05) is 58.9 Å². The molecule has 0 spiro atoms. The molecule has 0 bridgehead atoms. The first-order valence-electron chi connectivity index (χ1n) is 11.9. The zero-order valence-electron chi connectivity index (χ0n) is 21.0. The van der Waals surface area contributed by atoms with Crippen LogP contribution in [0.15, 0.2) is 24.3 Å². The fourth-order valence-corrected chi connectivity index (χ4v) is 3.96. The van der Waals surface area contributed by atoms with Crippen LogP contribution < -0.4 is 9.47 Å². The Balaban J connectivity index is 1.88. The van der Waals surface area contributed by atoms with Crippen LogP contribution in [0.1, 0.15) is 57.5 Å². The van der Waals surface area contributed by atoms with E-state index in [0.29, 0.717) is 6.42 Å². The molecule has 5 atom stereocenters. The second kappa shape index (κ2) is 11.4. The maximum Gasteiger partial charge on any atom is 0.338 e. The fraction of sp³-hybridized carbons (Fsp3) is 0.600. The molecule has 3 rings (SSSR count). The van der Waals surface area contributed by atoms with Gasteiger partial charge in [-0.1, -0.05) is 12.1 Å². The summed E-state index contributed by atoms with van der Waals surface area (Å²) in [6, 6.07) is 7.74. The Morgan fingerprint density at radius 1 is 1.09 bits per heavy atom. The lowest BCUT2D eigenvalue weighted by atomic mass is 9.99. The first-order valence-corrected chi connectivity index (χ1v) is 11.9. The van der Waals surface area contributed by atoms with Gasteiger partial charge >= 0.3 is 5.97 Å². The molecule has 10 nitrogen and oxygen atoms in total. The topological polar surface area (TPSA) is 132 Å². The van der Waals surface area contributed by atoms with Crippen molar-refractivity contribution >= 4 is 5.97 Å². The zero-order chi connectivity index (χ0) is 25.9. The number of esters is 1. The van der Waals surface area contributed by atoms with Gasteiger partial charge in [0.25, 0.3) is 0 Å².